The first-order valence-electron chi connectivity index (χ1n) is 5.86. The van der Waals surface area contributed by atoms with Crippen LogP contribution in [-0.4, -0.2) is 17.6 Å². The maximum absolute atomic E-state index is 12.0. The molecule has 0 aromatic heterocycles. The van der Waals surface area contributed by atoms with E-state index in [4.69, 9.17) is 5.11 Å². The van der Waals surface area contributed by atoms with E-state index in [2.05, 4.69) is 17.2 Å². The van der Waals surface area contributed by atoms with Crippen molar-refractivity contribution in [3.8, 4) is 11.8 Å². The van der Waals surface area contributed by atoms with Gasteiger partial charge in [-0.05, 0) is 24.6 Å². The monoisotopic (exact) mass is 245 g/mol. The topological polar surface area (TPSA) is 49.3 Å². The van der Waals surface area contributed by atoms with E-state index in [9.17, 15) is 4.79 Å². The highest BCUT2D eigenvalue weighted by molar-refractivity contribution is 5.95. The summed E-state index contributed by atoms with van der Waals surface area (Å²) in [5.41, 5.74) is 2.00. The Balaban J connectivity index is 3.07. The Hall–Kier alpha value is -1.79. The summed E-state index contributed by atoms with van der Waals surface area (Å²) < 4.78 is 0. The van der Waals surface area contributed by atoms with Crippen molar-refractivity contribution in [2.45, 2.75) is 27.7 Å². The summed E-state index contributed by atoms with van der Waals surface area (Å²) in [6.45, 7) is 7.34. The number of carbonyl (C=O) groups excluding carboxylic acids is 1. The summed E-state index contributed by atoms with van der Waals surface area (Å²) in [5.74, 6) is 5.37. The average molecular weight is 245 g/mol. The minimum absolute atomic E-state index is 0.0554. The molecule has 3 nitrogen and oxygen atoms in total. The number of rotatable bonds is 1. The second-order valence-corrected chi connectivity index (χ2v) is 5.21. The first-order chi connectivity index (χ1) is 8.34. The minimum atomic E-state index is -0.453. The van der Waals surface area contributed by atoms with Crippen LogP contribution in [0.2, 0.25) is 0 Å². The average Bonchev–Trinajstić information content (AvgIpc) is 2.26. The van der Waals surface area contributed by atoms with Crippen molar-refractivity contribution < 1.29 is 9.90 Å². The summed E-state index contributed by atoms with van der Waals surface area (Å²) in [6.07, 6.45) is 0. The van der Waals surface area contributed by atoms with Gasteiger partial charge in [0, 0.05) is 11.0 Å². The van der Waals surface area contributed by atoms with Crippen LogP contribution in [0.1, 0.15) is 31.9 Å². The number of hydrogen-bond acceptors (Lipinski definition) is 2. The lowest BCUT2D eigenvalue weighted by atomic mass is 9.95. The van der Waals surface area contributed by atoms with Crippen molar-refractivity contribution >= 4 is 11.6 Å². The molecule has 0 saturated heterocycles. The van der Waals surface area contributed by atoms with Crippen LogP contribution in [0, 0.1) is 24.2 Å². The second kappa shape index (κ2) is 5.70. The Labute approximate surface area is 108 Å². The zero-order valence-corrected chi connectivity index (χ0v) is 11.3. The van der Waals surface area contributed by atoms with Gasteiger partial charge in [0.2, 0.25) is 5.91 Å². The van der Waals surface area contributed by atoms with Crippen molar-refractivity contribution in [3.05, 3.63) is 29.3 Å². The van der Waals surface area contributed by atoms with E-state index in [0.717, 1.165) is 5.56 Å². The number of anilines is 1. The fourth-order valence-corrected chi connectivity index (χ4v) is 1.32. The standard InChI is InChI=1S/C15H19NO2/c1-11-7-8-12(6-5-9-17)13(10-11)16-14(18)15(2,3)4/h7-8,10,17H,9H2,1-4H3,(H,16,18). The van der Waals surface area contributed by atoms with Gasteiger partial charge in [-0.25, -0.2) is 0 Å². The predicted octanol–water partition coefficient (Wildman–Crippen LogP) is 2.32. The van der Waals surface area contributed by atoms with Crippen molar-refractivity contribution in [2.24, 2.45) is 5.41 Å². The largest absolute Gasteiger partial charge is 0.384 e. The van der Waals surface area contributed by atoms with Crippen LogP contribution in [0.15, 0.2) is 18.2 Å². The highest BCUT2D eigenvalue weighted by Gasteiger charge is 2.21. The Morgan fingerprint density at radius 1 is 1.39 bits per heavy atom. The van der Waals surface area contributed by atoms with Gasteiger partial charge < -0.3 is 10.4 Å². The smallest absolute Gasteiger partial charge is 0.229 e. The van der Waals surface area contributed by atoms with Gasteiger partial charge in [0.25, 0.3) is 0 Å². The first kappa shape index (κ1) is 14.3. The van der Waals surface area contributed by atoms with E-state index in [1.165, 1.54) is 0 Å². The Kier molecular flexibility index (Phi) is 4.52. The molecule has 96 valence electrons. The third-order valence-corrected chi connectivity index (χ3v) is 2.41. The van der Waals surface area contributed by atoms with Gasteiger partial charge in [-0.1, -0.05) is 38.7 Å². The molecule has 1 aromatic carbocycles. The molecule has 1 aromatic rings. The highest BCUT2D eigenvalue weighted by atomic mass is 16.2. The summed E-state index contributed by atoms with van der Waals surface area (Å²) in [7, 11) is 0. The van der Waals surface area contributed by atoms with Gasteiger partial charge >= 0.3 is 0 Å². The molecule has 1 rings (SSSR count). The zero-order valence-electron chi connectivity index (χ0n) is 11.3. The van der Waals surface area contributed by atoms with E-state index in [-0.39, 0.29) is 12.5 Å². The van der Waals surface area contributed by atoms with Gasteiger partial charge in [-0.15, -0.1) is 0 Å². The van der Waals surface area contributed by atoms with Crippen LogP contribution in [0.25, 0.3) is 0 Å². The first-order valence-corrected chi connectivity index (χ1v) is 5.86. The number of aliphatic hydroxyl groups excluding tert-OH is 1. The number of amides is 1. The lowest BCUT2D eigenvalue weighted by Gasteiger charge is -2.18. The maximum atomic E-state index is 12.0. The molecule has 0 aliphatic heterocycles. The third kappa shape index (κ3) is 3.90. The molecule has 2 N–H and O–H groups in total. The Morgan fingerprint density at radius 3 is 2.61 bits per heavy atom. The van der Waals surface area contributed by atoms with Crippen LogP contribution in [0.5, 0.6) is 0 Å². The molecule has 0 fully saturated rings. The number of aryl methyl sites for hydroxylation is 1. The van der Waals surface area contributed by atoms with Gasteiger partial charge in [-0.3, -0.25) is 4.79 Å². The summed E-state index contributed by atoms with van der Waals surface area (Å²) >= 11 is 0. The van der Waals surface area contributed by atoms with Crippen molar-refractivity contribution in [3.63, 3.8) is 0 Å². The van der Waals surface area contributed by atoms with E-state index >= 15 is 0 Å². The molecule has 0 saturated carbocycles. The molecule has 18 heavy (non-hydrogen) atoms. The minimum Gasteiger partial charge on any atom is -0.384 e. The molecule has 3 heteroatoms. The normalized spacial score (nSPS) is 10.5. The van der Waals surface area contributed by atoms with Crippen LogP contribution in [0.3, 0.4) is 0 Å². The Morgan fingerprint density at radius 2 is 2.06 bits per heavy atom. The van der Waals surface area contributed by atoms with Crippen molar-refractivity contribution in [1.29, 1.82) is 0 Å². The number of nitrogens with one attached hydrogen (secondary N) is 1. The van der Waals surface area contributed by atoms with Gasteiger partial charge in [0.1, 0.15) is 6.61 Å². The van der Waals surface area contributed by atoms with Gasteiger partial charge in [0.05, 0.1) is 5.69 Å². The van der Waals surface area contributed by atoms with Crippen LogP contribution >= 0.6 is 0 Å². The molecule has 0 radical (unpaired) electrons. The highest BCUT2D eigenvalue weighted by Crippen LogP contribution is 2.21. The zero-order chi connectivity index (χ0) is 13.8. The van der Waals surface area contributed by atoms with E-state index in [0.29, 0.717) is 11.3 Å². The molecule has 0 bridgehead atoms. The molecule has 1 amide bonds. The van der Waals surface area contributed by atoms with Gasteiger partial charge in [-0.2, -0.15) is 0 Å². The molecule has 0 heterocycles. The van der Waals surface area contributed by atoms with E-state index in [1.54, 1.807) is 0 Å². The number of hydrogen-bond donors (Lipinski definition) is 2. The number of carbonyl (C=O) groups is 1. The quantitative estimate of drug-likeness (QED) is 0.746. The summed E-state index contributed by atoms with van der Waals surface area (Å²) in [5, 5.41) is 11.6. The fourth-order valence-electron chi connectivity index (χ4n) is 1.32. The Bertz CT molecular complexity index is 501. The predicted molar refractivity (Wildman–Crippen MR) is 73.2 cm³/mol. The third-order valence-electron chi connectivity index (χ3n) is 2.41. The fraction of sp³-hybridized carbons (Fsp3) is 0.400. The lowest BCUT2D eigenvalue weighted by molar-refractivity contribution is -0.123. The SMILES string of the molecule is Cc1ccc(C#CCO)c(NC(=O)C(C)(C)C)c1. The number of benzene rings is 1. The molecule has 0 atom stereocenters. The summed E-state index contributed by atoms with van der Waals surface area (Å²) in [6, 6.07) is 5.65. The second-order valence-electron chi connectivity index (χ2n) is 5.21. The molecular weight excluding hydrogens is 226 g/mol. The number of aliphatic hydroxyl groups is 1. The van der Waals surface area contributed by atoms with E-state index < -0.39 is 5.41 Å². The van der Waals surface area contributed by atoms with Crippen molar-refractivity contribution in [2.75, 3.05) is 11.9 Å². The summed E-state index contributed by atoms with van der Waals surface area (Å²) in [4.78, 5) is 12.0. The maximum Gasteiger partial charge on any atom is 0.229 e. The van der Waals surface area contributed by atoms with E-state index in [1.807, 2.05) is 45.9 Å². The van der Waals surface area contributed by atoms with Crippen LogP contribution < -0.4 is 5.32 Å². The molecule has 0 aliphatic rings. The van der Waals surface area contributed by atoms with Gasteiger partial charge in [0.15, 0.2) is 0 Å². The molecule has 0 spiro atoms. The molecular formula is C15H19NO2. The van der Waals surface area contributed by atoms with Crippen LogP contribution in [0.4, 0.5) is 5.69 Å². The lowest BCUT2D eigenvalue weighted by Crippen LogP contribution is -2.28. The molecule has 0 unspecified atom stereocenters. The molecule has 0 aliphatic carbocycles. The van der Waals surface area contributed by atoms with Crippen molar-refractivity contribution in [1.82, 2.24) is 0 Å². The van der Waals surface area contributed by atoms with Crippen LogP contribution in [-0.2, 0) is 4.79 Å².